The molecule has 0 amide bonds. The van der Waals surface area contributed by atoms with Crippen LogP contribution in [0.5, 0.6) is 0 Å². The highest BCUT2D eigenvalue weighted by atomic mass is 35.5. The largest absolute Gasteiger partial charge is 1.00 e. The molecule has 0 unspecified atom stereocenters. The molecule has 0 N–H and O–H groups in total. The first kappa shape index (κ1) is 19.0. The summed E-state index contributed by atoms with van der Waals surface area (Å²) in [5.74, 6) is 0. The van der Waals surface area contributed by atoms with Gasteiger partial charge in [-0.05, 0) is 42.5 Å². The Bertz CT molecular complexity index is 782. The van der Waals surface area contributed by atoms with Crippen molar-refractivity contribution in [1.29, 1.82) is 0 Å². The first-order chi connectivity index (χ1) is 11.8. The summed E-state index contributed by atoms with van der Waals surface area (Å²) in [6.07, 6.45) is 8.35. The molecule has 0 radical (unpaired) electrons. The fourth-order valence-corrected chi connectivity index (χ4v) is 3.03. The summed E-state index contributed by atoms with van der Waals surface area (Å²) < 4.78 is 2.12. The standard InChI is InChI=1S/C23H24N.ClH/c1-2-24-17-16-22(15-9-14-20-10-5-3-6-11-20)19-23(24)18-21-12-7-4-8-13-21;/h2-8,10-13,16-17,19H,1,9,14-15,18H2;1H/q+1;/p-1. The zero-order valence-electron chi connectivity index (χ0n) is 14.4. The smallest absolute Gasteiger partial charge is 0.191 e. The third-order valence-electron chi connectivity index (χ3n) is 4.33. The zero-order valence-corrected chi connectivity index (χ0v) is 15.2. The first-order valence-corrected chi connectivity index (χ1v) is 8.58. The molecule has 0 aliphatic heterocycles. The van der Waals surface area contributed by atoms with Gasteiger partial charge in [0, 0.05) is 12.1 Å². The lowest BCUT2D eigenvalue weighted by Gasteiger charge is -2.05. The van der Waals surface area contributed by atoms with E-state index in [0.717, 1.165) is 19.3 Å². The quantitative estimate of drug-likeness (QED) is 0.573. The lowest BCUT2D eigenvalue weighted by Crippen LogP contribution is -3.00. The lowest BCUT2D eigenvalue weighted by molar-refractivity contribution is -0.576. The fraction of sp³-hybridized carbons (Fsp3) is 0.174. The normalized spacial score (nSPS) is 10.1. The van der Waals surface area contributed by atoms with E-state index in [0.29, 0.717) is 0 Å². The van der Waals surface area contributed by atoms with Crippen LogP contribution in [0.3, 0.4) is 0 Å². The highest BCUT2D eigenvalue weighted by molar-refractivity contribution is 5.24. The van der Waals surface area contributed by atoms with Crippen LogP contribution in [0.25, 0.3) is 6.20 Å². The second kappa shape index (κ2) is 9.80. The van der Waals surface area contributed by atoms with E-state index >= 15 is 0 Å². The summed E-state index contributed by atoms with van der Waals surface area (Å²) in [6, 6.07) is 25.8. The average molecular weight is 350 g/mol. The van der Waals surface area contributed by atoms with Crippen molar-refractivity contribution in [3.63, 3.8) is 0 Å². The molecule has 3 aromatic rings. The van der Waals surface area contributed by atoms with E-state index in [4.69, 9.17) is 0 Å². The number of halogens is 1. The van der Waals surface area contributed by atoms with Gasteiger partial charge >= 0.3 is 0 Å². The summed E-state index contributed by atoms with van der Waals surface area (Å²) >= 11 is 0. The van der Waals surface area contributed by atoms with Gasteiger partial charge in [0.2, 0.25) is 0 Å². The molecule has 2 aromatic carbocycles. The summed E-state index contributed by atoms with van der Waals surface area (Å²) in [5.41, 5.74) is 5.43. The van der Waals surface area contributed by atoms with Crippen LogP contribution in [0.2, 0.25) is 0 Å². The van der Waals surface area contributed by atoms with Crippen LogP contribution in [-0.4, -0.2) is 0 Å². The van der Waals surface area contributed by atoms with E-state index in [9.17, 15) is 0 Å². The predicted octanol–water partition coefficient (Wildman–Crippen LogP) is 1.84. The van der Waals surface area contributed by atoms with E-state index in [1.807, 2.05) is 6.20 Å². The molecule has 1 nitrogen and oxygen atoms in total. The molecule has 128 valence electrons. The van der Waals surface area contributed by atoms with Crippen molar-refractivity contribution in [2.75, 3.05) is 0 Å². The second-order valence-electron chi connectivity index (χ2n) is 6.12. The van der Waals surface area contributed by atoms with Crippen LogP contribution >= 0.6 is 0 Å². The van der Waals surface area contributed by atoms with E-state index in [-0.39, 0.29) is 12.4 Å². The maximum atomic E-state index is 3.93. The van der Waals surface area contributed by atoms with Gasteiger partial charge < -0.3 is 12.4 Å². The molecule has 3 rings (SSSR count). The number of pyridine rings is 1. The maximum absolute atomic E-state index is 3.93. The van der Waals surface area contributed by atoms with Gasteiger partial charge in [-0.1, -0.05) is 60.7 Å². The van der Waals surface area contributed by atoms with Crippen LogP contribution in [0.1, 0.15) is 28.8 Å². The summed E-state index contributed by atoms with van der Waals surface area (Å²) in [7, 11) is 0. The third kappa shape index (κ3) is 5.58. The van der Waals surface area contributed by atoms with Crippen molar-refractivity contribution in [2.24, 2.45) is 0 Å². The molecule has 0 saturated heterocycles. The molecule has 0 fully saturated rings. The summed E-state index contributed by atoms with van der Waals surface area (Å²) in [4.78, 5) is 0. The number of hydrogen-bond donors (Lipinski definition) is 0. The van der Waals surface area contributed by atoms with Gasteiger partial charge in [-0.15, -0.1) is 0 Å². The first-order valence-electron chi connectivity index (χ1n) is 8.58. The molecular weight excluding hydrogens is 326 g/mol. The zero-order chi connectivity index (χ0) is 16.6. The molecule has 0 atom stereocenters. The Labute approximate surface area is 157 Å². The maximum Gasteiger partial charge on any atom is 0.191 e. The molecular formula is C23H24ClN. The lowest BCUT2D eigenvalue weighted by atomic mass is 10.0. The van der Waals surface area contributed by atoms with Gasteiger partial charge in [0.25, 0.3) is 0 Å². The number of aromatic nitrogens is 1. The van der Waals surface area contributed by atoms with Crippen LogP contribution < -0.4 is 17.0 Å². The van der Waals surface area contributed by atoms with Gasteiger partial charge in [-0.25, -0.2) is 0 Å². The van der Waals surface area contributed by atoms with Gasteiger partial charge in [-0.2, -0.15) is 4.57 Å². The van der Waals surface area contributed by atoms with Gasteiger partial charge in [0.05, 0.1) is 6.42 Å². The Morgan fingerprint density at radius 1 is 0.760 bits per heavy atom. The minimum absolute atomic E-state index is 0. The van der Waals surface area contributed by atoms with Crippen molar-refractivity contribution in [1.82, 2.24) is 0 Å². The minimum atomic E-state index is 0. The summed E-state index contributed by atoms with van der Waals surface area (Å²) in [5, 5.41) is 0. The van der Waals surface area contributed by atoms with Crippen LogP contribution in [0, 0.1) is 0 Å². The number of nitrogens with zero attached hydrogens (tertiary/aromatic N) is 1. The van der Waals surface area contributed by atoms with E-state index in [2.05, 4.69) is 90.1 Å². The average Bonchev–Trinajstić information content (AvgIpc) is 2.64. The van der Waals surface area contributed by atoms with Crippen molar-refractivity contribution < 1.29 is 17.0 Å². The Balaban J connectivity index is 0.00000225. The molecule has 0 saturated carbocycles. The molecule has 25 heavy (non-hydrogen) atoms. The number of benzene rings is 2. The van der Waals surface area contributed by atoms with Gasteiger partial charge in [-0.3, -0.25) is 0 Å². The number of aryl methyl sites for hydroxylation is 2. The SMILES string of the molecule is C=C[n+]1ccc(CCCc2ccccc2)cc1Cc1ccccc1.[Cl-]. The molecule has 0 spiro atoms. The Hall–Kier alpha value is -2.38. The van der Waals surface area contributed by atoms with Crippen molar-refractivity contribution >= 4 is 6.20 Å². The minimum Gasteiger partial charge on any atom is -1.00 e. The highest BCUT2D eigenvalue weighted by Gasteiger charge is 2.10. The van der Waals surface area contributed by atoms with Gasteiger partial charge in [0.1, 0.15) is 0 Å². The number of hydrogen-bond acceptors (Lipinski definition) is 0. The molecule has 1 heterocycles. The van der Waals surface area contributed by atoms with Crippen LogP contribution in [-0.2, 0) is 19.3 Å². The highest BCUT2D eigenvalue weighted by Crippen LogP contribution is 2.11. The Morgan fingerprint density at radius 3 is 2.00 bits per heavy atom. The third-order valence-corrected chi connectivity index (χ3v) is 4.33. The topological polar surface area (TPSA) is 3.88 Å². The van der Waals surface area contributed by atoms with Crippen molar-refractivity contribution in [2.45, 2.75) is 25.7 Å². The Morgan fingerprint density at radius 2 is 1.36 bits per heavy atom. The van der Waals surface area contributed by atoms with Crippen molar-refractivity contribution in [3.8, 4) is 0 Å². The second-order valence-corrected chi connectivity index (χ2v) is 6.12. The molecule has 0 aliphatic carbocycles. The predicted molar refractivity (Wildman–Crippen MR) is 101 cm³/mol. The molecule has 0 bridgehead atoms. The fourth-order valence-electron chi connectivity index (χ4n) is 3.03. The summed E-state index contributed by atoms with van der Waals surface area (Å²) in [6.45, 7) is 3.93. The van der Waals surface area contributed by atoms with Crippen LogP contribution in [0.15, 0.2) is 85.6 Å². The Kier molecular flexibility index (Phi) is 7.43. The van der Waals surface area contributed by atoms with E-state index in [1.165, 1.54) is 28.8 Å². The number of rotatable bonds is 7. The van der Waals surface area contributed by atoms with E-state index < -0.39 is 0 Å². The van der Waals surface area contributed by atoms with E-state index in [1.54, 1.807) is 0 Å². The van der Waals surface area contributed by atoms with Gasteiger partial charge in [0.15, 0.2) is 18.1 Å². The van der Waals surface area contributed by atoms with Crippen LogP contribution in [0.4, 0.5) is 0 Å². The van der Waals surface area contributed by atoms with Crippen molar-refractivity contribution in [3.05, 3.63) is 108 Å². The molecule has 2 heteroatoms. The molecule has 1 aromatic heterocycles. The monoisotopic (exact) mass is 349 g/mol. The molecule has 0 aliphatic rings.